The van der Waals surface area contributed by atoms with E-state index in [1.165, 1.54) is 4.90 Å². The summed E-state index contributed by atoms with van der Waals surface area (Å²) in [7, 11) is 1.63. The van der Waals surface area contributed by atoms with Gasteiger partial charge in [0.2, 0.25) is 0 Å². The van der Waals surface area contributed by atoms with Crippen molar-refractivity contribution in [2.24, 2.45) is 0 Å². The molecule has 7 nitrogen and oxygen atoms in total. The maximum atomic E-state index is 12.5. The number of nitrogens with zero attached hydrogens (tertiary/aromatic N) is 1. The number of fused-ring (bicyclic) bond motifs is 2. The third-order valence-electron chi connectivity index (χ3n) is 4.06. The summed E-state index contributed by atoms with van der Waals surface area (Å²) in [5.41, 5.74) is -2.39. The van der Waals surface area contributed by atoms with Gasteiger partial charge in [-0.15, -0.1) is 0 Å². The normalized spacial score (nSPS) is 35.7. The van der Waals surface area contributed by atoms with Gasteiger partial charge in [0.1, 0.15) is 11.8 Å². The van der Waals surface area contributed by atoms with Gasteiger partial charge < -0.3 is 24.8 Å². The lowest BCUT2D eigenvalue weighted by Crippen LogP contribution is -2.62. The molecule has 2 aliphatic rings. The average Bonchev–Trinajstić information content (AvgIpc) is 2.81. The first kappa shape index (κ1) is 15.2. The van der Waals surface area contributed by atoms with Crippen LogP contribution in [0.3, 0.4) is 0 Å². The number of likely N-dealkylation sites (tertiary alicyclic amines) is 1. The number of carbonyl (C=O) groups excluding carboxylic acids is 2. The quantitative estimate of drug-likeness (QED) is 0.495. The Kier molecular flexibility index (Phi) is 4.04. The number of nitrogens with one attached hydrogen (secondary N) is 1. The Morgan fingerprint density at radius 1 is 1.65 bits per heavy atom. The first-order valence-corrected chi connectivity index (χ1v) is 6.91. The number of hydrogen-bond acceptors (Lipinski definition) is 5. The molecular weight excluding hydrogens is 264 g/mol. The van der Waals surface area contributed by atoms with Gasteiger partial charge in [-0.25, -0.2) is 0 Å². The highest BCUT2D eigenvalue weighted by atomic mass is 16.6. The van der Waals surface area contributed by atoms with Gasteiger partial charge in [-0.05, 0) is 20.3 Å². The lowest BCUT2D eigenvalue weighted by atomic mass is 9.88. The van der Waals surface area contributed by atoms with Crippen LogP contribution in [0.2, 0.25) is 0 Å². The van der Waals surface area contributed by atoms with Crippen LogP contribution in [0.15, 0.2) is 0 Å². The van der Waals surface area contributed by atoms with Gasteiger partial charge in [0.25, 0.3) is 17.4 Å². The monoisotopic (exact) mass is 286 g/mol. The summed E-state index contributed by atoms with van der Waals surface area (Å²) in [4.78, 5) is 26.4. The molecule has 114 valence electrons. The molecule has 0 aromatic rings. The largest absolute Gasteiger partial charge is 0.396 e. The summed E-state index contributed by atoms with van der Waals surface area (Å²) >= 11 is 0. The van der Waals surface area contributed by atoms with E-state index in [4.69, 9.17) is 14.6 Å². The minimum Gasteiger partial charge on any atom is -0.396 e. The lowest BCUT2D eigenvalue weighted by Gasteiger charge is -2.34. The zero-order valence-corrected chi connectivity index (χ0v) is 12.1. The highest BCUT2D eigenvalue weighted by molar-refractivity contribution is 6.11. The van der Waals surface area contributed by atoms with Crippen molar-refractivity contribution in [2.45, 2.75) is 44.1 Å². The molecule has 2 N–H and O–H groups in total. The maximum absolute atomic E-state index is 12.5. The minimum absolute atomic E-state index is 0.0193. The van der Waals surface area contributed by atoms with Crippen LogP contribution in [0.5, 0.6) is 0 Å². The van der Waals surface area contributed by atoms with Crippen molar-refractivity contribution in [3.8, 4) is 0 Å². The van der Waals surface area contributed by atoms with Gasteiger partial charge in [-0.1, -0.05) is 0 Å². The van der Waals surface area contributed by atoms with Crippen LogP contribution in [0, 0.1) is 0 Å². The predicted octanol–water partition coefficient (Wildman–Crippen LogP) is -0.763. The lowest BCUT2D eigenvalue weighted by molar-refractivity contribution is -0.161. The fourth-order valence-electron chi connectivity index (χ4n) is 2.87. The Morgan fingerprint density at radius 3 is 2.90 bits per heavy atom. The number of carbonyl (C=O) groups is 2. The molecule has 0 spiro atoms. The molecule has 2 heterocycles. The number of hydrogen-bond donors (Lipinski definition) is 2. The Hall–Kier alpha value is -1.18. The van der Waals surface area contributed by atoms with E-state index in [1.807, 2.05) is 6.92 Å². The third kappa shape index (κ3) is 2.01. The van der Waals surface area contributed by atoms with Crippen LogP contribution in [0.4, 0.5) is 0 Å². The van der Waals surface area contributed by atoms with Crippen molar-refractivity contribution in [3.05, 3.63) is 0 Å². The zero-order chi connectivity index (χ0) is 15.0. The topological polar surface area (TPSA) is 88.1 Å². The summed E-state index contributed by atoms with van der Waals surface area (Å²) in [5.74, 6) is -0.853. The van der Waals surface area contributed by atoms with E-state index in [-0.39, 0.29) is 12.5 Å². The Bertz CT molecular complexity index is 416. The predicted molar refractivity (Wildman–Crippen MR) is 69.7 cm³/mol. The number of likely N-dealkylation sites (N-methyl/N-ethyl adjacent to an activating group) is 1. The summed E-state index contributed by atoms with van der Waals surface area (Å²) in [6.45, 7) is 4.29. The van der Waals surface area contributed by atoms with E-state index in [2.05, 4.69) is 5.32 Å². The van der Waals surface area contributed by atoms with E-state index in [0.717, 1.165) is 0 Å². The number of aliphatic hydroxyl groups excluding tert-OH is 1. The van der Waals surface area contributed by atoms with E-state index in [0.29, 0.717) is 26.0 Å². The maximum Gasteiger partial charge on any atom is 0.269 e. The second kappa shape index (κ2) is 5.31. The van der Waals surface area contributed by atoms with Crippen molar-refractivity contribution < 1.29 is 24.2 Å². The molecule has 0 aromatic carbocycles. The highest BCUT2D eigenvalue weighted by Crippen LogP contribution is 2.49. The second-order valence-electron chi connectivity index (χ2n) is 5.36. The molecular formula is C13H22N2O5. The number of ether oxygens (including phenoxy) is 2. The van der Waals surface area contributed by atoms with Crippen molar-refractivity contribution in [1.29, 1.82) is 0 Å². The SMILES string of the molecule is CCO[C@H]1C[C@]2(C)O[C@@]1(C(=O)NCCCO)C(=O)N2C. The van der Waals surface area contributed by atoms with Gasteiger partial charge in [0, 0.05) is 33.2 Å². The van der Waals surface area contributed by atoms with Gasteiger partial charge >= 0.3 is 0 Å². The van der Waals surface area contributed by atoms with Gasteiger partial charge in [0.15, 0.2) is 0 Å². The number of rotatable bonds is 6. The highest BCUT2D eigenvalue weighted by Gasteiger charge is 2.72. The molecule has 2 aliphatic heterocycles. The first-order chi connectivity index (χ1) is 9.42. The fraction of sp³-hybridized carbons (Fsp3) is 0.846. The van der Waals surface area contributed by atoms with E-state index in [9.17, 15) is 9.59 Å². The van der Waals surface area contributed by atoms with E-state index >= 15 is 0 Å². The number of aliphatic hydroxyl groups is 1. The van der Waals surface area contributed by atoms with E-state index < -0.39 is 23.3 Å². The molecule has 0 unspecified atom stereocenters. The van der Waals surface area contributed by atoms with Crippen LogP contribution in [0.1, 0.15) is 26.7 Å². The summed E-state index contributed by atoms with van der Waals surface area (Å²) in [5, 5.41) is 11.4. The number of amides is 2. The fourth-order valence-corrected chi connectivity index (χ4v) is 2.87. The van der Waals surface area contributed by atoms with Gasteiger partial charge in [-0.2, -0.15) is 0 Å². The average molecular weight is 286 g/mol. The second-order valence-corrected chi connectivity index (χ2v) is 5.36. The zero-order valence-electron chi connectivity index (χ0n) is 12.1. The molecule has 0 aliphatic carbocycles. The Labute approximate surface area is 118 Å². The minimum atomic E-state index is -1.59. The smallest absolute Gasteiger partial charge is 0.269 e. The molecule has 2 fully saturated rings. The van der Waals surface area contributed by atoms with E-state index in [1.54, 1.807) is 14.0 Å². The molecule has 2 saturated heterocycles. The van der Waals surface area contributed by atoms with Crippen molar-refractivity contribution in [2.75, 3.05) is 26.8 Å². The molecule has 0 radical (unpaired) electrons. The molecule has 2 amide bonds. The van der Waals surface area contributed by atoms with Gasteiger partial charge in [-0.3, -0.25) is 9.59 Å². The van der Waals surface area contributed by atoms with Crippen LogP contribution in [0.25, 0.3) is 0 Å². The Morgan fingerprint density at radius 2 is 2.35 bits per heavy atom. The molecule has 0 saturated carbocycles. The van der Waals surface area contributed by atoms with Crippen LogP contribution >= 0.6 is 0 Å². The van der Waals surface area contributed by atoms with Crippen LogP contribution in [-0.2, 0) is 19.1 Å². The molecule has 7 heteroatoms. The molecule has 2 rings (SSSR count). The molecule has 2 bridgehead atoms. The van der Waals surface area contributed by atoms with Crippen molar-refractivity contribution in [1.82, 2.24) is 10.2 Å². The number of piperidine rings is 1. The van der Waals surface area contributed by atoms with Crippen molar-refractivity contribution in [3.63, 3.8) is 0 Å². The molecule has 3 atom stereocenters. The summed E-state index contributed by atoms with van der Waals surface area (Å²) < 4.78 is 11.4. The van der Waals surface area contributed by atoms with Crippen LogP contribution < -0.4 is 5.32 Å². The summed E-state index contributed by atoms with van der Waals surface area (Å²) in [6, 6.07) is 0. The third-order valence-corrected chi connectivity index (χ3v) is 4.06. The van der Waals surface area contributed by atoms with Gasteiger partial charge in [0.05, 0.1) is 0 Å². The summed E-state index contributed by atoms with van der Waals surface area (Å²) in [6.07, 6.45) is 0.328. The van der Waals surface area contributed by atoms with Crippen LogP contribution in [-0.4, -0.2) is 66.1 Å². The molecule has 20 heavy (non-hydrogen) atoms. The van der Waals surface area contributed by atoms with Crippen molar-refractivity contribution >= 4 is 11.8 Å². The Balaban J connectivity index is 2.23. The first-order valence-electron chi connectivity index (χ1n) is 6.91. The standard InChI is InChI=1S/C13H22N2O5/c1-4-19-9-8-12(2)15(3)11(18)13(9,20-12)10(17)14-6-5-7-16/h9,16H,4-8H2,1-3H3,(H,14,17)/t9-,12-,13-/m0/s1. The molecule has 0 aromatic heterocycles.